The monoisotopic (exact) mass is 285 g/mol. The molecule has 1 fully saturated rings. The van der Waals surface area contributed by atoms with E-state index in [0.717, 1.165) is 6.42 Å². The Morgan fingerprint density at radius 3 is 2.35 bits per heavy atom. The molecule has 7 nitrogen and oxygen atoms in total. The minimum absolute atomic E-state index is 0.0921. The molecule has 1 atom stereocenters. The SMILES string of the molecule is CCC(=O)N1CCCN(C(=O)C(N)CCC(=O)O)CC1. The van der Waals surface area contributed by atoms with Crippen molar-refractivity contribution in [3.8, 4) is 0 Å². The highest BCUT2D eigenvalue weighted by molar-refractivity contribution is 5.82. The van der Waals surface area contributed by atoms with Crippen LogP contribution in [-0.2, 0) is 14.4 Å². The molecule has 0 aromatic heterocycles. The van der Waals surface area contributed by atoms with E-state index in [-0.39, 0.29) is 24.7 Å². The Kier molecular flexibility index (Phi) is 6.44. The van der Waals surface area contributed by atoms with Gasteiger partial charge in [0.25, 0.3) is 0 Å². The summed E-state index contributed by atoms with van der Waals surface area (Å²) in [6, 6.07) is -0.778. The summed E-state index contributed by atoms with van der Waals surface area (Å²) in [5.74, 6) is -1.09. The van der Waals surface area contributed by atoms with E-state index >= 15 is 0 Å². The number of carbonyl (C=O) groups is 3. The molecular formula is C13H23N3O4. The van der Waals surface area contributed by atoms with E-state index in [2.05, 4.69) is 0 Å². The molecule has 0 bridgehead atoms. The first-order chi connectivity index (χ1) is 9.45. The van der Waals surface area contributed by atoms with Crippen molar-refractivity contribution in [3.63, 3.8) is 0 Å². The van der Waals surface area contributed by atoms with Crippen LogP contribution in [0.4, 0.5) is 0 Å². The predicted molar refractivity (Wildman–Crippen MR) is 72.9 cm³/mol. The van der Waals surface area contributed by atoms with Gasteiger partial charge in [-0.2, -0.15) is 0 Å². The van der Waals surface area contributed by atoms with Crippen molar-refractivity contribution in [3.05, 3.63) is 0 Å². The maximum absolute atomic E-state index is 12.1. The van der Waals surface area contributed by atoms with Gasteiger partial charge in [0.15, 0.2) is 0 Å². The van der Waals surface area contributed by atoms with E-state index in [1.807, 2.05) is 6.92 Å². The van der Waals surface area contributed by atoms with Crippen LogP contribution < -0.4 is 5.73 Å². The molecule has 114 valence electrons. The smallest absolute Gasteiger partial charge is 0.303 e. The number of carboxylic acids is 1. The van der Waals surface area contributed by atoms with Gasteiger partial charge in [0.2, 0.25) is 11.8 Å². The number of aliphatic carboxylic acids is 1. The molecule has 1 heterocycles. The van der Waals surface area contributed by atoms with Crippen molar-refractivity contribution >= 4 is 17.8 Å². The van der Waals surface area contributed by atoms with Crippen LogP contribution in [-0.4, -0.2) is 64.9 Å². The minimum atomic E-state index is -0.955. The Morgan fingerprint density at radius 1 is 1.15 bits per heavy atom. The van der Waals surface area contributed by atoms with Crippen LogP contribution in [0.25, 0.3) is 0 Å². The Morgan fingerprint density at radius 2 is 1.75 bits per heavy atom. The summed E-state index contributed by atoms with van der Waals surface area (Å²) in [7, 11) is 0. The second-order valence-electron chi connectivity index (χ2n) is 4.95. The van der Waals surface area contributed by atoms with Crippen molar-refractivity contribution in [1.82, 2.24) is 9.80 Å². The van der Waals surface area contributed by atoms with E-state index in [0.29, 0.717) is 32.6 Å². The fourth-order valence-corrected chi connectivity index (χ4v) is 2.25. The first kappa shape index (κ1) is 16.4. The highest BCUT2D eigenvalue weighted by atomic mass is 16.4. The lowest BCUT2D eigenvalue weighted by Crippen LogP contribution is -2.45. The van der Waals surface area contributed by atoms with Gasteiger partial charge in [-0.3, -0.25) is 14.4 Å². The van der Waals surface area contributed by atoms with E-state index in [1.54, 1.807) is 9.80 Å². The molecule has 1 aliphatic heterocycles. The molecule has 20 heavy (non-hydrogen) atoms. The maximum Gasteiger partial charge on any atom is 0.303 e. The van der Waals surface area contributed by atoms with Crippen molar-refractivity contribution in [2.75, 3.05) is 26.2 Å². The maximum atomic E-state index is 12.1. The zero-order valence-corrected chi connectivity index (χ0v) is 11.9. The summed E-state index contributed by atoms with van der Waals surface area (Å²) in [6.45, 7) is 4.02. The van der Waals surface area contributed by atoms with E-state index < -0.39 is 12.0 Å². The molecule has 3 N–H and O–H groups in total. The zero-order chi connectivity index (χ0) is 15.1. The molecule has 0 aromatic carbocycles. The lowest BCUT2D eigenvalue weighted by Gasteiger charge is -2.24. The first-order valence-electron chi connectivity index (χ1n) is 6.99. The average Bonchev–Trinajstić information content (AvgIpc) is 2.68. The standard InChI is InChI=1S/C13H23N3O4/c1-2-11(17)15-6-3-7-16(9-8-15)13(20)10(14)4-5-12(18)19/h10H,2-9,14H2,1H3,(H,18,19). The van der Waals surface area contributed by atoms with Crippen molar-refractivity contribution < 1.29 is 19.5 Å². The fraction of sp³-hybridized carbons (Fsp3) is 0.769. The highest BCUT2D eigenvalue weighted by Crippen LogP contribution is 2.08. The number of rotatable bonds is 5. The third kappa shape index (κ3) is 4.80. The molecule has 1 aliphatic rings. The van der Waals surface area contributed by atoms with Crippen molar-refractivity contribution in [2.24, 2.45) is 5.73 Å². The summed E-state index contributed by atoms with van der Waals surface area (Å²) in [6.07, 6.45) is 1.22. The van der Waals surface area contributed by atoms with Crippen molar-refractivity contribution in [2.45, 2.75) is 38.6 Å². The van der Waals surface area contributed by atoms with Gasteiger partial charge in [0.05, 0.1) is 6.04 Å². The topological polar surface area (TPSA) is 104 Å². The molecule has 2 amide bonds. The van der Waals surface area contributed by atoms with Crippen LogP contribution >= 0.6 is 0 Å². The van der Waals surface area contributed by atoms with Gasteiger partial charge in [0, 0.05) is 39.0 Å². The van der Waals surface area contributed by atoms with E-state index in [9.17, 15) is 14.4 Å². The number of nitrogens with zero attached hydrogens (tertiary/aromatic N) is 2. The molecule has 0 spiro atoms. The summed E-state index contributed by atoms with van der Waals surface area (Å²) < 4.78 is 0. The molecule has 0 saturated carbocycles. The second kappa shape index (κ2) is 7.84. The lowest BCUT2D eigenvalue weighted by atomic mass is 10.1. The number of hydrogen-bond acceptors (Lipinski definition) is 4. The highest BCUT2D eigenvalue weighted by Gasteiger charge is 2.25. The number of hydrogen-bond donors (Lipinski definition) is 2. The Bertz CT molecular complexity index is 373. The minimum Gasteiger partial charge on any atom is -0.481 e. The van der Waals surface area contributed by atoms with Crippen LogP contribution in [0.5, 0.6) is 0 Å². The van der Waals surface area contributed by atoms with E-state index in [4.69, 9.17) is 10.8 Å². The summed E-state index contributed by atoms with van der Waals surface area (Å²) in [5, 5.41) is 8.60. The molecule has 1 rings (SSSR count). The molecule has 0 aromatic rings. The molecule has 7 heteroatoms. The molecule has 0 radical (unpaired) electrons. The molecular weight excluding hydrogens is 262 g/mol. The van der Waals surface area contributed by atoms with Gasteiger partial charge in [-0.1, -0.05) is 6.92 Å². The van der Waals surface area contributed by atoms with Gasteiger partial charge in [-0.05, 0) is 12.8 Å². The molecule has 1 saturated heterocycles. The summed E-state index contributed by atoms with van der Waals surface area (Å²) in [5.41, 5.74) is 5.73. The van der Waals surface area contributed by atoms with Crippen molar-refractivity contribution in [1.29, 1.82) is 0 Å². The lowest BCUT2D eigenvalue weighted by molar-refractivity contribution is -0.138. The average molecular weight is 285 g/mol. The second-order valence-corrected chi connectivity index (χ2v) is 4.95. The zero-order valence-electron chi connectivity index (χ0n) is 11.9. The van der Waals surface area contributed by atoms with Gasteiger partial charge in [-0.25, -0.2) is 0 Å². The summed E-state index contributed by atoms with van der Waals surface area (Å²) in [4.78, 5) is 37.6. The Labute approximate surface area is 118 Å². The third-order valence-electron chi connectivity index (χ3n) is 3.45. The van der Waals surface area contributed by atoms with Crippen LogP contribution in [0.1, 0.15) is 32.6 Å². The van der Waals surface area contributed by atoms with Crippen LogP contribution in [0, 0.1) is 0 Å². The van der Waals surface area contributed by atoms with Gasteiger partial charge in [0.1, 0.15) is 0 Å². The Hall–Kier alpha value is -1.63. The third-order valence-corrected chi connectivity index (χ3v) is 3.45. The fourth-order valence-electron chi connectivity index (χ4n) is 2.25. The number of amides is 2. The quantitative estimate of drug-likeness (QED) is 0.718. The van der Waals surface area contributed by atoms with Crippen LogP contribution in [0.15, 0.2) is 0 Å². The largest absolute Gasteiger partial charge is 0.481 e. The van der Waals surface area contributed by atoms with E-state index in [1.165, 1.54) is 0 Å². The van der Waals surface area contributed by atoms with Crippen LogP contribution in [0.3, 0.4) is 0 Å². The first-order valence-corrected chi connectivity index (χ1v) is 6.99. The van der Waals surface area contributed by atoms with Gasteiger partial charge < -0.3 is 20.6 Å². The summed E-state index contributed by atoms with van der Waals surface area (Å²) >= 11 is 0. The number of carboxylic acid groups (broad SMARTS) is 1. The normalized spacial score (nSPS) is 17.5. The Balaban J connectivity index is 2.49. The number of carbonyl (C=O) groups excluding carboxylic acids is 2. The number of nitrogens with two attached hydrogens (primary N) is 1. The van der Waals surface area contributed by atoms with Crippen LogP contribution in [0.2, 0.25) is 0 Å². The van der Waals surface area contributed by atoms with Gasteiger partial charge in [-0.15, -0.1) is 0 Å². The molecule has 1 unspecified atom stereocenters. The molecule has 0 aliphatic carbocycles. The van der Waals surface area contributed by atoms with Gasteiger partial charge >= 0.3 is 5.97 Å². The predicted octanol–water partition coefficient (Wildman–Crippen LogP) is -0.351.